The quantitative estimate of drug-likeness (QED) is 0.842. The third-order valence-corrected chi connectivity index (χ3v) is 2.39. The first-order valence-electron chi connectivity index (χ1n) is 4.98. The van der Waals surface area contributed by atoms with E-state index in [1.807, 2.05) is 0 Å². The van der Waals surface area contributed by atoms with E-state index >= 15 is 0 Å². The summed E-state index contributed by atoms with van der Waals surface area (Å²) in [5, 5.41) is 8.39. The zero-order valence-corrected chi connectivity index (χ0v) is 9.31. The Morgan fingerprint density at radius 2 is 1.68 bits per heavy atom. The van der Waals surface area contributed by atoms with Crippen molar-refractivity contribution < 1.29 is 26.3 Å². The first-order chi connectivity index (χ1) is 8.57. The van der Waals surface area contributed by atoms with Gasteiger partial charge in [-0.1, -0.05) is 0 Å². The van der Waals surface area contributed by atoms with E-state index in [1.165, 1.54) is 6.07 Å². The number of benzene rings is 1. The summed E-state index contributed by atoms with van der Waals surface area (Å²) in [5.41, 5.74) is 2.10. The van der Waals surface area contributed by atoms with Crippen LogP contribution in [-0.4, -0.2) is 0 Å². The van der Waals surface area contributed by atoms with Gasteiger partial charge in [-0.05, 0) is 23.8 Å². The molecule has 0 saturated heterocycles. The van der Waals surface area contributed by atoms with Crippen molar-refractivity contribution in [2.24, 2.45) is 5.73 Å². The molecule has 0 heterocycles. The van der Waals surface area contributed by atoms with Gasteiger partial charge in [0.25, 0.3) is 0 Å². The Labute approximate surface area is 104 Å². The summed E-state index contributed by atoms with van der Waals surface area (Å²) >= 11 is 0. The molecule has 1 atom stereocenters. The first kappa shape index (κ1) is 15.3. The molecule has 0 amide bonds. The van der Waals surface area contributed by atoms with Crippen LogP contribution < -0.4 is 5.73 Å². The van der Waals surface area contributed by atoms with Gasteiger partial charge in [-0.15, -0.1) is 0 Å². The van der Waals surface area contributed by atoms with Crippen LogP contribution in [0.15, 0.2) is 18.2 Å². The Morgan fingerprint density at radius 3 is 2.11 bits per heavy atom. The molecule has 1 aromatic rings. The Bertz CT molecular complexity index is 497. The van der Waals surface area contributed by atoms with Gasteiger partial charge in [-0.2, -0.15) is 31.6 Å². The van der Waals surface area contributed by atoms with Crippen LogP contribution in [0, 0.1) is 11.3 Å². The van der Waals surface area contributed by atoms with Gasteiger partial charge in [0.15, 0.2) is 0 Å². The van der Waals surface area contributed by atoms with Gasteiger partial charge >= 0.3 is 12.4 Å². The molecule has 0 fully saturated rings. The smallest absolute Gasteiger partial charge is 0.323 e. The molecule has 104 valence electrons. The maximum atomic E-state index is 12.7. The topological polar surface area (TPSA) is 49.8 Å². The van der Waals surface area contributed by atoms with Crippen molar-refractivity contribution in [2.45, 2.75) is 24.8 Å². The largest absolute Gasteiger partial charge is 0.416 e. The SMILES string of the molecule is N#CC[C@@H](N)c1cc(C(F)(F)F)ccc1C(F)(F)F. The summed E-state index contributed by atoms with van der Waals surface area (Å²) in [5.74, 6) is 0. The highest BCUT2D eigenvalue weighted by molar-refractivity contribution is 5.37. The Hall–Kier alpha value is -1.75. The van der Waals surface area contributed by atoms with E-state index in [0.717, 1.165) is 0 Å². The molecule has 2 nitrogen and oxygen atoms in total. The molecule has 1 aromatic carbocycles. The Kier molecular flexibility index (Phi) is 4.10. The van der Waals surface area contributed by atoms with Gasteiger partial charge in [0.05, 0.1) is 23.6 Å². The lowest BCUT2D eigenvalue weighted by Crippen LogP contribution is -2.19. The van der Waals surface area contributed by atoms with Crippen LogP contribution >= 0.6 is 0 Å². The zero-order valence-electron chi connectivity index (χ0n) is 9.31. The Balaban J connectivity index is 3.40. The highest BCUT2D eigenvalue weighted by Gasteiger charge is 2.38. The first-order valence-corrected chi connectivity index (χ1v) is 4.98. The molecule has 0 aliphatic rings. The zero-order chi connectivity index (χ0) is 14.8. The molecule has 19 heavy (non-hydrogen) atoms. The van der Waals surface area contributed by atoms with Gasteiger partial charge in [-0.25, -0.2) is 0 Å². The van der Waals surface area contributed by atoms with Crippen LogP contribution in [0.3, 0.4) is 0 Å². The number of hydrogen-bond acceptors (Lipinski definition) is 2. The van der Waals surface area contributed by atoms with Crippen LogP contribution in [0.1, 0.15) is 29.2 Å². The number of hydrogen-bond donors (Lipinski definition) is 1. The maximum Gasteiger partial charge on any atom is 0.416 e. The lowest BCUT2D eigenvalue weighted by atomic mass is 9.96. The molecular formula is C11H8F6N2. The maximum absolute atomic E-state index is 12.7. The second kappa shape index (κ2) is 5.09. The minimum atomic E-state index is -4.83. The molecular weight excluding hydrogens is 274 g/mol. The van der Waals surface area contributed by atoms with E-state index in [1.54, 1.807) is 0 Å². The molecule has 8 heteroatoms. The third kappa shape index (κ3) is 3.61. The monoisotopic (exact) mass is 282 g/mol. The average molecular weight is 282 g/mol. The van der Waals surface area contributed by atoms with Gasteiger partial charge < -0.3 is 5.73 Å². The van der Waals surface area contributed by atoms with Crippen LogP contribution in [0.5, 0.6) is 0 Å². The normalized spacial score (nSPS) is 14.0. The molecule has 0 aromatic heterocycles. The number of rotatable bonds is 2. The predicted octanol–water partition coefficient (Wildman–Crippen LogP) is 3.64. The summed E-state index contributed by atoms with van der Waals surface area (Å²) in [6, 6.07) is 1.11. The lowest BCUT2D eigenvalue weighted by Gasteiger charge is -2.18. The number of nitriles is 1. The van der Waals surface area contributed by atoms with Crippen LogP contribution in [-0.2, 0) is 12.4 Å². The summed E-state index contributed by atoms with van der Waals surface area (Å²) in [6.45, 7) is 0. The van der Waals surface area contributed by atoms with Crippen molar-refractivity contribution in [3.63, 3.8) is 0 Å². The van der Waals surface area contributed by atoms with E-state index in [4.69, 9.17) is 11.0 Å². The van der Waals surface area contributed by atoms with Gasteiger partial charge in [0, 0.05) is 6.04 Å². The predicted molar refractivity (Wildman–Crippen MR) is 53.6 cm³/mol. The summed E-state index contributed by atoms with van der Waals surface area (Å²) < 4.78 is 75.3. The summed E-state index contributed by atoms with van der Waals surface area (Å²) in [4.78, 5) is 0. The van der Waals surface area contributed by atoms with E-state index in [9.17, 15) is 26.3 Å². The van der Waals surface area contributed by atoms with Gasteiger partial charge in [0.1, 0.15) is 0 Å². The number of nitrogens with two attached hydrogens (primary N) is 1. The number of nitrogens with zero attached hydrogens (tertiary/aromatic N) is 1. The van der Waals surface area contributed by atoms with Crippen molar-refractivity contribution in [1.29, 1.82) is 5.26 Å². The second-order valence-corrected chi connectivity index (χ2v) is 3.77. The molecule has 0 aliphatic carbocycles. The number of alkyl halides is 6. The molecule has 2 N–H and O–H groups in total. The number of halogens is 6. The molecule has 0 aliphatic heterocycles. The van der Waals surface area contributed by atoms with Crippen molar-refractivity contribution in [1.82, 2.24) is 0 Å². The minimum Gasteiger partial charge on any atom is -0.323 e. The second-order valence-electron chi connectivity index (χ2n) is 3.77. The molecule has 0 unspecified atom stereocenters. The van der Waals surface area contributed by atoms with E-state index in [0.29, 0.717) is 18.2 Å². The molecule has 0 saturated carbocycles. The fraction of sp³-hybridized carbons (Fsp3) is 0.364. The molecule has 1 rings (SSSR count). The highest BCUT2D eigenvalue weighted by atomic mass is 19.4. The van der Waals surface area contributed by atoms with E-state index in [-0.39, 0.29) is 0 Å². The third-order valence-electron chi connectivity index (χ3n) is 2.39. The fourth-order valence-electron chi connectivity index (χ4n) is 1.51. The van der Waals surface area contributed by atoms with Gasteiger partial charge in [-0.3, -0.25) is 0 Å². The van der Waals surface area contributed by atoms with Gasteiger partial charge in [0.2, 0.25) is 0 Å². The fourth-order valence-corrected chi connectivity index (χ4v) is 1.51. The van der Waals surface area contributed by atoms with E-state index in [2.05, 4.69) is 0 Å². The van der Waals surface area contributed by atoms with Crippen molar-refractivity contribution in [3.8, 4) is 6.07 Å². The molecule has 0 spiro atoms. The molecule has 0 bridgehead atoms. The minimum absolute atomic E-state index is 0.329. The summed E-state index contributed by atoms with van der Waals surface area (Å²) in [6.07, 6.45) is -10.1. The lowest BCUT2D eigenvalue weighted by molar-refractivity contribution is -0.142. The summed E-state index contributed by atoms with van der Waals surface area (Å²) in [7, 11) is 0. The van der Waals surface area contributed by atoms with Crippen LogP contribution in [0.25, 0.3) is 0 Å². The van der Waals surface area contributed by atoms with Crippen molar-refractivity contribution in [3.05, 3.63) is 34.9 Å². The van der Waals surface area contributed by atoms with Crippen LogP contribution in [0.2, 0.25) is 0 Å². The Morgan fingerprint density at radius 1 is 1.11 bits per heavy atom. The van der Waals surface area contributed by atoms with Crippen molar-refractivity contribution >= 4 is 0 Å². The van der Waals surface area contributed by atoms with Crippen LogP contribution in [0.4, 0.5) is 26.3 Å². The molecule has 0 radical (unpaired) electrons. The van der Waals surface area contributed by atoms with E-state index < -0.39 is 41.5 Å². The highest BCUT2D eigenvalue weighted by Crippen LogP contribution is 2.38. The average Bonchev–Trinajstić information content (AvgIpc) is 2.26. The van der Waals surface area contributed by atoms with Crippen molar-refractivity contribution in [2.75, 3.05) is 0 Å². The standard InChI is InChI=1S/C11H8F6N2/c12-10(13,14)6-1-2-8(11(15,16)17)7(5-6)9(19)3-4-18/h1-2,5,9H,3,19H2/t9-/m1/s1.